The van der Waals surface area contributed by atoms with Crippen molar-refractivity contribution >= 4 is 27.0 Å². The molecule has 2 aromatic rings. The van der Waals surface area contributed by atoms with Gasteiger partial charge in [-0.2, -0.15) is 0 Å². The number of ether oxygens (including phenoxy) is 2. The third-order valence-corrected chi connectivity index (χ3v) is 4.99. The lowest BCUT2D eigenvalue weighted by Gasteiger charge is -2.09. The van der Waals surface area contributed by atoms with Crippen LogP contribution in [0.5, 0.6) is 5.75 Å². The Bertz CT molecular complexity index is 924. The zero-order valence-electron chi connectivity index (χ0n) is 13.3. The maximum Gasteiger partial charge on any atom is 0.339 e. The molecule has 1 aliphatic rings. The molecule has 0 bridgehead atoms. The molecular formula is C18H16O5S. The summed E-state index contributed by atoms with van der Waals surface area (Å²) in [5, 5.41) is 0. The number of hydrogen-bond donors (Lipinski definition) is 0. The lowest BCUT2D eigenvalue weighted by Crippen LogP contribution is -2.00. The molecule has 0 saturated heterocycles. The molecule has 2 aromatic carbocycles. The molecule has 0 spiro atoms. The largest absolute Gasteiger partial charge is 0.496 e. The maximum absolute atomic E-state index is 12.2. The molecule has 0 N–H and O–H groups in total. The number of para-hydroxylation sites is 1. The lowest BCUT2D eigenvalue weighted by atomic mass is 9.96. The second-order valence-electron chi connectivity index (χ2n) is 5.43. The standard InChI is InChI=1S/C18H16O5S/c1-22-16-6-4-3-5-14(16)17-15(11-23-18(17)19)12-7-9-13(10-8-12)24(2,20)21/h3-10H,11H2,1-2H3. The van der Waals surface area contributed by atoms with Gasteiger partial charge in [0.15, 0.2) is 9.84 Å². The number of methoxy groups -OCH3 is 1. The number of benzene rings is 2. The molecule has 24 heavy (non-hydrogen) atoms. The molecule has 1 heterocycles. The average molecular weight is 344 g/mol. The lowest BCUT2D eigenvalue weighted by molar-refractivity contribution is -0.133. The SMILES string of the molecule is COc1ccccc1C1=C(c2ccc(S(C)(=O)=O)cc2)COC1=O. The summed E-state index contributed by atoms with van der Waals surface area (Å²) >= 11 is 0. The molecule has 0 radical (unpaired) electrons. The van der Waals surface area contributed by atoms with Gasteiger partial charge in [-0.15, -0.1) is 0 Å². The van der Waals surface area contributed by atoms with Crippen molar-refractivity contribution in [3.8, 4) is 5.75 Å². The fourth-order valence-electron chi connectivity index (χ4n) is 2.66. The third-order valence-electron chi connectivity index (χ3n) is 3.86. The minimum Gasteiger partial charge on any atom is -0.496 e. The first-order valence-corrected chi connectivity index (χ1v) is 9.15. The fourth-order valence-corrected chi connectivity index (χ4v) is 3.29. The highest BCUT2D eigenvalue weighted by atomic mass is 32.2. The van der Waals surface area contributed by atoms with Crippen molar-refractivity contribution in [2.75, 3.05) is 20.0 Å². The summed E-state index contributed by atoms with van der Waals surface area (Å²) < 4.78 is 33.7. The molecule has 0 atom stereocenters. The zero-order valence-corrected chi connectivity index (χ0v) is 14.1. The van der Waals surface area contributed by atoms with Crippen LogP contribution in [0.25, 0.3) is 11.1 Å². The Morgan fingerprint density at radius 3 is 2.33 bits per heavy atom. The van der Waals surface area contributed by atoms with Crippen LogP contribution in [-0.4, -0.2) is 34.4 Å². The highest BCUT2D eigenvalue weighted by molar-refractivity contribution is 7.90. The van der Waals surface area contributed by atoms with Crippen LogP contribution in [0, 0.1) is 0 Å². The van der Waals surface area contributed by atoms with Crippen molar-refractivity contribution in [3.05, 3.63) is 59.7 Å². The molecule has 1 aliphatic heterocycles. The van der Waals surface area contributed by atoms with Gasteiger partial charge in [-0.05, 0) is 23.8 Å². The Hall–Kier alpha value is -2.60. The second kappa shape index (κ2) is 6.13. The number of rotatable bonds is 4. The fraction of sp³-hybridized carbons (Fsp3) is 0.167. The van der Waals surface area contributed by atoms with E-state index in [0.29, 0.717) is 22.5 Å². The van der Waals surface area contributed by atoms with Gasteiger partial charge in [-0.3, -0.25) is 0 Å². The van der Waals surface area contributed by atoms with Gasteiger partial charge in [0.25, 0.3) is 0 Å². The van der Waals surface area contributed by atoms with Gasteiger partial charge < -0.3 is 9.47 Å². The molecule has 0 unspecified atom stereocenters. The minimum absolute atomic E-state index is 0.143. The van der Waals surface area contributed by atoms with Crippen LogP contribution in [0.2, 0.25) is 0 Å². The molecule has 0 aliphatic carbocycles. The molecule has 0 saturated carbocycles. The summed E-state index contributed by atoms with van der Waals surface area (Å²) in [6, 6.07) is 13.6. The van der Waals surface area contributed by atoms with E-state index in [1.54, 1.807) is 31.4 Å². The minimum atomic E-state index is -3.26. The van der Waals surface area contributed by atoms with E-state index in [0.717, 1.165) is 11.8 Å². The Morgan fingerprint density at radius 1 is 1.04 bits per heavy atom. The smallest absolute Gasteiger partial charge is 0.339 e. The van der Waals surface area contributed by atoms with Gasteiger partial charge in [-0.25, -0.2) is 13.2 Å². The predicted octanol–water partition coefficient (Wildman–Crippen LogP) is 2.57. The molecule has 0 aromatic heterocycles. The highest BCUT2D eigenvalue weighted by Gasteiger charge is 2.29. The van der Waals surface area contributed by atoms with Crippen LogP contribution in [0.3, 0.4) is 0 Å². The summed E-state index contributed by atoms with van der Waals surface area (Å²) in [6.45, 7) is 0.143. The molecule has 6 heteroatoms. The van der Waals surface area contributed by atoms with Crippen LogP contribution in [0.15, 0.2) is 53.4 Å². The number of hydrogen-bond acceptors (Lipinski definition) is 5. The number of esters is 1. The van der Waals surface area contributed by atoms with Crippen LogP contribution < -0.4 is 4.74 Å². The van der Waals surface area contributed by atoms with Crippen molar-refractivity contribution in [2.24, 2.45) is 0 Å². The van der Waals surface area contributed by atoms with E-state index >= 15 is 0 Å². The predicted molar refractivity (Wildman–Crippen MR) is 90.3 cm³/mol. The molecule has 0 amide bonds. The average Bonchev–Trinajstić information content (AvgIpc) is 2.95. The van der Waals surface area contributed by atoms with Gasteiger partial charge in [0, 0.05) is 17.4 Å². The molecular weight excluding hydrogens is 328 g/mol. The normalized spacial score (nSPS) is 14.7. The van der Waals surface area contributed by atoms with Gasteiger partial charge in [-0.1, -0.05) is 30.3 Å². The van der Waals surface area contributed by atoms with Gasteiger partial charge in [0.1, 0.15) is 12.4 Å². The van der Waals surface area contributed by atoms with E-state index in [1.165, 1.54) is 12.1 Å². The van der Waals surface area contributed by atoms with Crippen molar-refractivity contribution in [1.82, 2.24) is 0 Å². The molecule has 3 rings (SSSR count). The Balaban J connectivity index is 2.13. The Kier molecular flexibility index (Phi) is 4.15. The first kappa shape index (κ1) is 16.3. The summed E-state index contributed by atoms with van der Waals surface area (Å²) in [7, 11) is -1.72. The summed E-state index contributed by atoms with van der Waals surface area (Å²) in [5.41, 5.74) is 2.56. The number of carbonyl (C=O) groups excluding carboxylic acids is 1. The van der Waals surface area contributed by atoms with Crippen molar-refractivity contribution in [1.29, 1.82) is 0 Å². The topological polar surface area (TPSA) is 69.7 Å². The van der Waals surface area contributed by atoms with E-state index < -0.39 is 15.8 Å². The van der Waals surface area contributed by atoms with Crippen molar-refractivity contribution < 1.29 is 22.7 Å². The molecule has 0 fully saturated rings. The van der Waals surface area contributed by atoms with E-state index in [1.807, 2.05) is 12.1 Å². The summed E-state index contributed by atoms with van der Waals surface area (Å²) in [4.78, 5) is 12.5. The first-order valence-electron chi connectivity index (χ1n) is 7.26. The first-order chi connectivity index (χ1) is 11.4. The third kappa shape index (κ3) is 2.92. The number of cyclic esters (lactones) is 1. The zero-order chi connectivity index (χ0) is 17.3. The van der Waals surface area contributed by atoms with Crippen molar-refractivity contribution in [2.45, 2.75) is 4.90 Å². The quantitative estimate of drug-likeness (QED) is 0.797. The van der Waals surface area contributed by atoms with E-state index in [4.69, 9.17) is 9.47 Å². The summed E-state index contributed by atoms with van der Waals surface area (Å²) in [6.07, 6.45) is 1.16. The second-order valence-corrected chi connectivity index (χ2v) is 7.44. The van der Waals surface area contributed by atoms with Crippen LogP contribution in [-0.2, 0) is 19.4 Å². The van der Waals surface area contributed by atoms with E-state index in [9.17, 15) is 13.2 Å². The highest BCUT2D eigenvalue weighted by Crippen LogP contribution is 2.37. The molecule has 124 valence electrons. The maximum atomic E-state index is 12.2. The van der Waals surface area contributed by atoms with Gasteiger partial charge >= 0.3 is 5.97 Å². The van der Waals surface area contributed by atoms with Crippen LogP contribution in [0.1, 0.15) is 11.1 Å². The van der Waals surface area contributed by atoms with Crippen molar-refractivity contribution in [3.63, 3.8) is 0 Å². The van der Waals surface area contributed by atoms with Gasteiger partial charge in [0.05, 0.1) is 17.6 Å². The van der Waals surface area contributed by atoms with Gasteiger partial charge in [0.2, 0.25) is 0 Å². The Labute approximate surface area is 140 Å². The monoisotopic (exact) mass is 344 g/mol. The van der Waals surface area contributed by atoms with E-state index in [2.05, 4.69) is 0 Å². The van der Waals surface area contributed by atoms with Crippen LogP contribution in [0.4, 0.5) is 0 Å². The number of carbonyl (C=O) groups is 1. The van der Waals surface area contributed by atoms with E-state index in [-0.39, 0.29) is 11.5 Å². The molecule has 5 nitrogen and oxygen atoms in total. The Morgan fingerprint density at radius 2 is 1.71 bits per heavy atom. The number of sulfone groups is 1. The summed E-state index contributed by atoms with van der Waals surface area (Å²) in [5.74, 6) is 0.165. The van der Waals surface area contributed by atoms with Crippen LogP contribution >= 0.6 is 0 Å².